The van der Waals surface area contributed by atoms with Gasteiger partial charge in [0.05, 0.1) is 5.69 Å². The molecule has 0 aliphatic heterocycles. The highest BCUT2D eigenvalue weighted by Crippen LogP contribution is 2.23. The van der Waals surface area contributed by atoms with E-state index in [4.69, 9.17) is 0 Å². The third kappa shape index (κ3) is 4.02. The standard InChI is InChI=1S/C17H22FN3/c1-4-20-13(2)15-5-6-17(16(18)11-15)21(3)12-14-7-9-19-10-8-14/h5-11,13,20H,4,12H2,1-3H3. The Balaban J connectivity index is 2.13. The van der Waals surface area contributed by atoms with E-state index in [9.17, 15) is 4.39 Å². The maximum atomic E-state index is 14.3. The summed E-state index contributed by atoms with van der Waals surface area (Å²) in [5.74, 6) is -0.186. The molecule has 112 valence electrons. The third-order valence-corrected chi connectivity index (χ3v) is 3.56. The molecule has 4 heteroatoms. The van der Waals surface area contributed by atoms with Gasteiger partial charge in [0.15, 0.2) is 0 Å². The second kappa shape index (κ2) is 7.18. The molecule has 0 bridgehead atoms. The van der Waals surface area contributed by atoms with Crippen molar-refractivity contribution in [2.24, 2.45) is 0 Å². The van der Waals surface area contributed by atoms with E-state index in [1.807, 2.05) is 50.1 Å². The average molecular weight is 287 g/mol. The predicted molar refractivity (Wildman–Crippen MR) is 84.8 cm³/mol. The maximum Gasteiger partial charge on any atom is 0.146 e. The number of nitrogens with zero attached hydrogens (tertiary/aromatic N) is 2. The van der Waals surface area contributed by atoms with E-state index in [-0.39, 0.29) is 11.9 Å². The molecule has 0 fully saturated rings. The molecule has 2 rings (SSSR count). The van der Waals surface area contributed by atoms with Crippen molar-refractivity contribution in [1.29, 1.82) is 0 Å². The zero-order chi connectivity index (χ0) is 15.2. The largest absolute Gasteiger partial charge is 0.368 e. The summed E-state index contributed by atoms with van der Waals surface area (Å²) in [6.07, 6.45) is 3.50. The SMILES string of the molecule is CCNC(C)c1ccc(N(C)Cc2ccncc2)c(F)c1. The number of nitrogens with one attached hydrogen (secondary N) is 1. The molecule has 1 heterocycles. The Labute approximate surface area is 125 Å². The lowest BCUT2D eigenvalue weighted by Gasteiger charge is -2.21. The minimum atomic E-state index is -0.186. The fraction of sp³-hybridized carbons (Fsp3) is 0.353. The van der Waals surface area contributed by atoms with Gasteiger partial charge in [-0.15, -0.1) is 0 Å². The molecule has 1 atom stereocenters. The van der Waals surface area contributed by atoms with Gasteiger partial charge in [0, 0.05) is 32.0 Å². The number of halogens is 1. The average Bonchev–Trinajstić information content (AvgIpc) is 2.48. The zero-order valence-corrected chi connectivity index (χ0v) is 12.8. The van der Waals surface area contributed by atoms with E-state index in [1.165, 1.54) is 0 Å². The Hall–Kier alpha value is -1.94. The second-order valence-electron chi connectivity index (χ2n) is 5.20. The number of benzene rings is 1. The molecule has 0 spiro atoms. The molecular weight excluding hydrogens is 265 g/mol. The second-order valence-corrected chi connectivity index (χ2v) is 5.20. The zero-order valence-electron chi connectivity index (χ0n) is 12.8. The summed E-state index contributed by atoms with van der Waals surface area (Å²) < 4.78 is 14.3. The van der Waals surface area contributed by atoms with Gasteiger partial charge in [0.1, 0.15) is 5.82 Å². The number of aromatic nitrogens is 1. The van der Waals surface area contributed by atoms with Crippen LogP contribution in [0.1, 0.15) is 31.0 Å². The van der Waals surface area contributed by atoms with E-state index in [0.29, 0.717) is 12.2 Å². The number of pyridine rings is 1. The first-order valence-corrected chi connectivity index (χ1v) is 7.24. The van der Waals surface area contributed by atoms with E-state index >= 15 is 0 Å². The van der Waals surface area contributed by atoms with Gasteiger partial charge in [0.25, 0.3) is 0 Å². The highest BCUT2D eigenvalue weighted by Gasteiger charge is 2.11. The molecule has 3 nitrogen and oxygen atoms in total. The molecule has 0 aliphatic carbocycles. The van der Waals surface area contributed by atoms with Crippen LogP contribution in [0.15, 0.2) is 42.7 Å². The number of anilines is 1. The summed E-state index contributed by atoms with van der Waals surface area (Å²) in [6, 6.07) is 9.48. The molecule has 21 heavy (non-hydrogen) atoms. The van der Waals surface area contributed by atoms with Crippen LogP contribution in [0.5, 0.6) is 0 Å². The molecule has 1 N–H and O–H groups in total. The van der Waals surface area contributed by atoms with Crippen LogP contribution in [0, 0.1) is 5.82 Å². The van der Waals surface area contributed by atoms with Crippen LogP contribution < -0.4 is 10.2 Å². The van der Waals surface area contributed by atoms with E-state index < -0.39 is 0 Å². The molecule has 1 unspecified atom stereocenters. The van der Waals surface area contributed by atoms with Gasteiger partial charge in [-0.25, -0.2) is 4.39 Å². The molecule has 1 aromatic heterocycles. The van der Waals surface area contributed by atoms with E-state index in [2.05, 4.69) is 10.3 Å². The van der Waals surface area contributed by atoms with Gasteiger partial charge in [-0.05, 0) is 48.9 Å². The van der Waals surface area contributed by atoms with E-state index in [1.54, 1.807) is 18.5 Å². The monoisotopic (exact) mass is 287 g/mol. The van der Waals surface area contributed by atoms with Crippen molar-refractivity contribution >= 4 is 5.69 Å². The Morgan fingerprint density at radius 1 is 1.24 bits per heavy atom. The van der Waals surface area contributed by atoms with Crippen molar-refractivity contribution in [1.82, 2.24) is 10.3 Å². The van der Waals surface area contributed by atoms with Gasteiger partial charge in [-0.1, -0.05) is 13.0 Å². The van der Waals surface area contributed by atoms with Crippen LogP contribution >= 0.6 is 0 Å². The van der Waals surface area contributed by atoms with Crippen molar-refractivity contribution in [2.45, 2.75) is 26.4 Å². The van der Waals surface area contributed by atoms with Crippen LogP contribution in [-0.2, 0) is 6.54 Å². The number of rotatable bonds is 6. The lowest BCUT2D eigenvalue weighted by atomic mass is 10.1. The molecule has 0 saturated heterocycles. The smallest absolute Gasteiger partial charge is 0.146 e. The summed E-state index contributed by atoms with van der Waals surface area (Å²) in [5.41, 5.74) is 2.69. The van der Waals surface area contributed by atoms with Crippen LogP contribution in [0.4, 0.5) is 10.1 Å². The van der Waals surface area contributed by atoms with Gasteiger partial charge in [-0.3, -0.25) is 4.98 Å². The van der Waals surface area contributed by atoms with Crippen LogP contribution in [-0.4, -0.2) is 18.6 Å². The van der Waals surface area contributed by atoms with Crippen molar-refractivity contribution in [3.8, 4) is 0 Å². The van der Waals surface area contributed by atoms with E-state index in [0.717, 1.165) is 17.7 Å². The third-order valence-electron chi connectivity index (χ3n) is 3.56. The highest BCUT2D eigenvalue weighted by atomic mass is 19.1. The lowest BCUT2D eigenvalue weighted by Crippen LogP contribution is -2.20. The lowest BCUT2D eigenvalue weighted by molar-refractivity contribution is 0.581. The summed E-state index contributed by atoms with van der Waals surface area (Å²) in [6.45, 7) is 5.61. The maximum absolute atomic E-state index is 14.3. The predicted octanol–water partition coefficient (Wildman–Crippen LogP) is 3.53. The first-order chi connectivity index (χ1) is 10.1. The summed E-state index contributed by atoms with van der Waals surface area (Å²) >= 11 is 0. The first kappa shape index (κ1) is 15.4. The summed E-state index contributed by atoms with van der Waals surface area (Å²) in [4.78, 5) is 5.90. The molecule has 0 amide bonds. The minimum absolute atomic E-state index is 0.157. The van der Waals surface area contributed by atoms with Crippen LogP contribution in [0.3, 0.4) is 0 Å². The fourth-order valence-corrected chi connectivity index (χ4v) is 2.37. The number of hydrogen-bond acceptors (Lipinski definition) is 3. The van der Waals surface area contributed by atoms with Crippen LogP contribution in [0.25, 0.3) is 0 Å². The van der Waals surface area contributed by atoms with Gasteiger partial charge in [0.2, 0.25) is 0 Å². The molecule has 1 aromatic carbocycles. The topological polar surface area (TPSA) is 28.2 Å². The Morgan fingerprint density at radius 3 is 2.57 bits per heavy atom. The Bertz CT molecular complexity index is 572. The Kier molecular flexibility index (Phi) is 5.28. The molecular formula is C17H22FN3. The Morgan fingerprint density at radius 2 is 1.95 bits per heavy atom. The fourth-order valence-electron chi connectivity index (χ4n) is 2.37. The quantitative estimate of drug-likeness (QED) is 0.881. The van der Waals surface area contributed by atoms with Crippen molar-refractivity contribution in [2.75, 3.05) is 18.5 Å². The summed E-state index contributed by atoms with van der Waals surface area (Å²) in [5, 5.41) is 3.29. The van der Waals surface area contributed by atoms with Crippen molar-refractivity contribution < 1.29 is 4.39 Å². The highest BCUT2D eigenvalue weighted by molar-refractivity contribution is 5.49. The first-order valence-electron chi connectivity index (χ1n) is 7.24. The van der Waals surface area contributed by atoms with Crippen LogP contribution in [0.2, 0.25) is 0 Å². The molecule has 2 aromatic rings. The van der Waals surface area contributed by atoms with Gasteiger partial charge >= 0.3 is 0 Å². The molecule has 0 saturated carbocycles. The van der Waals surface area contributed by atoms with Gasteiger partial charge < -0.3 is 10.2 Å². The van der Waals surface area contributed by atoms with Gasteiger partial charge in [-0.2, -0.15) is 0 Å². The van der Waals surface area contributed by atoms with Crippen molar-refractivity contribution in [3.05, 3.63) is 59.7 Å². The number of hydrogen-bond donors (Lipinski definition) is 1. The molecule has 0 aliphatic rings. The minimum Gasteiger partial charge on any atom is -0.368 e. The van der Waals surface area contributed by atoms with Crippen molar-refractivity contribution in [3.63, 3.8) is 0 Å². The summed E-state index contributed by atoms with van der Waals surface area (Å²) in [7, 11) is 1.90. The molecule has 0 radical (unpaired) electrons. The normalized spacial score (nSPS) is 12.2.